The Balaban J connectivity index is 2.07. The highest BCUT2D eigenvalue weighted by Crippen LogP contribution is 2.24. The van der Waals surface area contributed by atoms with Crippen LogP contribution in [0.3, 0.4) is 0 Å². The molecule has 144 valence electrons. The van der Waals surface area contributed by atoms with E-state index >= 15 is 0 Å². The molecular weight excluding hydrogens is 363 g/mol. The summed E-state index contributed by atoms with van der Waals surface area (Å²) < 4.78 is 40.2. The van der Waals surface area contributed by atoms with Crippen molar-refractivity contribution >= 4 is 17.6 Å². The van der Waals surface area contributed by atoms with E-state index in [2.05, 4.69) is 10.1 Å². The van der Waals surface area contributed by atoms with Crippen LogP contribution < -0.4 is 15.2 Å². The number of nitrogens with one attached hydrogen (secondary N) is 1. The molecule has 0 saturated carbocycles. The molecule has 1 amide bonds. The second kappa shape index (κ2) is 8.57. The van der Waals surface area contributed by atoms with Crippen LogP contribution in [-0.4, -0.2) is 18.2 Å². The molecule has 0 spiro atoms. The lowest BCUT2D eigenvalue weighted by Gasteiger charge is -2.18. The van der Waals surface area contributed by atoms with Crippen LogP contribution in [0.1, 0.15) is 17.5 Å². The third-order valence-electron chi connectivity index (χ3n) is 3.70. The number of carboxylic acids is 1. The highest BCUT2D eigenvalue weighted by molar-refractivity contribution is 5.94. The molecule has 0 aromatic heterocycles. The summed E-state index contributed by atoms with van der Waals surface area (Å²) in [5, 5.41) is 13.5. The van der Waals surface area contributed by atoms with E-state index in [1.54, 1.807) is 12.1 Å². The Kier molecular flexibility index (Phi) is 6.44. The third kappa shape index (κ3) is 7.01. The van der Waals surface area contributed by atoms with Crippen molar-refractivity contribution in [2.24, 2.45) is 5.92 Å². The van der Waals surface area contributed by atoms with Crippen molar-refractivity contribution in [3.05, 3.63) is 59.7 Å². The van der Waals surface area contributed by atoms with Gasteiger partial charge in [-0.3, -0.25) is 4.79 Å². The SMILES string of the molecule is Cc1cccc(C[C@H](CC(=O)[O-])C(=O)Nc2ccc(OC(F)(F)F)cc2)c1. The van der Waals surface area contributed by atoms with Crippen LogP contribution in [0.25, 0.3) is 0 Å². The first-order valence-corrected chi connectivity index (χ1v) is 8.04. The van der Waals surface area contributed by atoms with Gasteiger partial charge in [0.25, 0.3) is 0 Å². The molecule has 0 bridgehead atoms. The van der Waals surface area contributed by atoms with Crippen LogP contribution in [0.2, 0.25) is 0 Å². The summed E-state index contributed by atoms with van der Waals surface area (Å²) in [7, 11) is 0. The molecule has 0 aliphatic rings. The summed E-state index contributed by atoms with van der Waals surface area (Å²) in [6.07, 6.45) is -5.09. The maximum absolute atomic E-state index is 12.4. The predicted molar refractivity (Wildman–Crippen MR) is 89.8 cm³/mol. The van der Waals surface area contributed by atoms with Crippen LogP contribution in [0.5, 0.6) is 5.75 Å². The summed E-state index contributed by atoms with van der Waals surface area (Å²) in [5.74, 6) is -3.24. The Labute approximate surface area is 153 Å². The second-order valence-corrected chi connectivity index (χ2v) is 6.03. The number of hydrogen-bond acceptors (Lipinski definition) is 4. The van der Waals surface area contributed by atoms with Crippen molar-refractivity contribution < 1.29 is 32.6 Å². The number of aliphatic carboxylic acids is 1. The highest BCUT2D eigenvalue weighted by Gasteiger charge is 2.31. The van der Waals surface area contributed by atoms with E-state index in [9.17, 15) is 27.9 Å². The molecule has 0 unspecified atom stereocenters. The fourth-order valence-corrected chi connectivity index (χ4v) is 2.57. The molecule has 0 aliphatic heterocycles. The summed E-state index contributed by atoms with van der Waals surface area (Å²) in [6, 6.07) is 11.9. The molecule has 5 nitrogen and oxygen atoms in total. The monoisotopic (exact) mass is 380 g/mol. The van der Waals surface area contributed by atoms with Gasteiger partial charge in [-0.2, -0.15) is 0 Å². The summed E-state index contributed by atoms with van der Waals surface area (Å²) in [4.78, 5) is 23.4. The van der Waals surface area contributed by atoms with Gasteiger partial charge in [0, 0.05) is 17.6 Å². The predicted octanol–water partition coefficient (Wildman–Crippen LogP) is 2.83. The van der Waals surface area contributed by atoms with Crippen molar-refractivity contribution in [3.63, 3.8) is 0 Å². The maximum atomic E-state index is 12.4. The molecule has 0 aliphatic carbocycles. The number of alkyl halides is 3. The molecule has 0 fully saturated rings. The van der Waals surface area contributed by atoms with Crippen LogP contribution in [0.4, 0.5) is 18.9 Å². The normalized spacial score (nSPS) is 12.3. The Hall–Kier alpha value is -3.03. The highest BCUT2D eigenvalue weighted by atomic mass is 19.4. The average molecular weight is 380 g/mol. The maximum Gasteiger partial charge on any atom is 0.573 e. The van der Waals surface area contributed by atoms with Crippen molar-refractivity contribution in [3.8, 4) is 5.75 Å². The van der Waals surface area contributed by atoms with Crippen LogP contribution in [0.15, 0.2) is 48.5 Å². The Morgan fingerprint density at radius 2 is 1.81 bits per heavy atom. The molecule has 2 aromatic carbocycles. The number of carboxylic acid groups (broad SMARTS) is 1. The number of anilines is 1. The zero-order valence-electron chi connectivity index (χ0n) is 14.4. The van der Waals surface area contributed by atoms with Crippen LogP contribution >= 0.6 is 0 Å². The lowest BCUT2D eigenvalue weighted by molar-refractivity contribution is -0.306. The number of amides is 1. The van der Waals surface area contributed by atoms with Gasteiger partial charge in [-0.15, -0.1) is 13.2 Å². The largest absolute Gasteiger partial charge is 0.573 e. The number of ether oxygens (including phenoxy) is 1. The standard InChI is InChI=1S/C19H18F3NO4/c1-12-3-2-4-13(9-12)10-14(11-17(24)25)18(26)23-15-5-7-16(8-6-15)27-19(20,21)22/h2-9,14H,10-11H2,1H3,(H,23,26)(H,24,25)/p-1/t14-/m1/s1. The van der Waals surface area contributed by atoms with E-state index in [1.165, 1.54) is 12.1 Å². The van der Waals surface area contributed by atoms with Gasteiger partial charge < -0.3 is 20.0 Å². The molecule has 27 heavy (non-hydrogen) atoms. The van der Waals surface area contributed by atoms with E-state index in [0.29, 0.717) is 0 Å². The van der Waals surface area contributed by atoms with E-state index in [0.717, 1.165) is 23.3 Å². The van der Waals surface area contributed by atoms with Gasteiger partial charge >= 0.3 is 6.36 Å². The van der Waals surface area contributed by atoms with E-state index in [4.69, 9.17) is 0 Å². The minimum Gasteiger partial charge on any atom is -0.550 e. The zero-order chi connectivity index (χ0) is 20.0. The number of benzene rings is 2. The van der Waals surface area contributed by atoms with Crippen LogP contribution in [0, 0.1) is 12.8 Å². The minimum atomic E-state index is -4.81. The number of halogens is 3. The number of carbonyl (C=O) groups is 2. The fraction of sp³-hybridized carbons (Fsp3) is 0.263. The van der Waals surface area contributed by atoms with Crippen molar-refractivity contribution in [2.75, 3.05) is 5.32 Å². The lowest BCUT2D eigenvalue weighted by Crippen LogP contribution is -2.32. The fourth-order valence-electron chi connectivity index (χ4n) is 2.57. The number of rotatable bonds is 7. The number of aryl methyl sites for hydroxylation is 1. The first-order chi connectivity index (χ1) is 12.6. The molecule has 1 atom stereocenters. The van der Waals surface area contributed by atoms with E-state index < -0.39 is 36.3 Å². The summed E-state index contributed by atoms with van der Waals surface area (Å²) in [5.41, 5.74) is 1.99. The Bertz CT molecular complexity index is 803. The molecule has 8 heteroatoms. The smallest absolute Gasteiger partial charge is 0.550 e. The topological polar surface area (TPSA) is 78.5 Å². The summed E-state index contributed by atoms with van der Waals surface area (Å²) >= 11 is 0. The number of carbonyl (C=O) groups excluding carboxylic acids is 2. The van der Waals surface area contributed by atoms with Gasteiger partial charge in [0.05, 0.1) is 0 Å². The van der Waals surface area contributed by atoms with Gasteiger partial charge in [-0.25, -0.2) is 0 Å². The van der Waals surface area contributed by atoms with Crippen LogP contribution in [-0.2, 0) is 16.0 Å². The van der Waals surface area contributed by atoms with Crippen molar-refractivity contribution in [2.45, 2.75) is 26.1 Å². The first-order valence-electron chi connectivity index (χ1n) is 8.04. The second-order valence-electron chi connectivity index (χ2n) is 6.03. The van der Waals surface area contributed by atoms with E-state index in [-0.39, 0.29) is 12.1 Å². The van der Waals surface area contributed by atoms with E-state index in [1.807, 2.05) is 19.1 Å². The van der Waals surface area contributed by atoms with Gasteiger partial charge in [0.15, 0.2) is 0 Å². The molecule has 0 heterocycles. The quantitative estimate of drug-likeness (QED) is 0.801. The molecule has 2 aromatic rings. The molecule has 0 radical (unpaired) electrons. The molecule has 1 N–H and O–H groups in total. The molecule has 2 rings (SSSR count). The zero-order valence-corrected chi connectivity index (χ0v) is 14.4. The molecule has 0 saturated heterocycles. The molecular formula is C19H17F3NO4-. The first kappa shape index (κ1) is 20.3. The lowest BCUT2D eigenvalue weighted by atomic mass is 9.94. The Morgan fingerprint density at radius 1 is 1.15 bits per heavy atom. The van der Waals surface area contributed by atoms with Gasteiger partial charge in [-0.05, 0) is 49.6 Å². The van der Waals surface area contributed by atoms with Gasteiger partial charge in [0.1, 0.15) is 5.75 Å². The van der Waals surface area contributed by atoms with Crippen molar-refractivity contribution in [1.29, 1.82) is 0 Å². The summed E-state index contributed by atoms with van der Waals surface area (Å²) in [6.45, 7) is 1.88. The van der Waals surface area contributed by atoms with Gasteiger partial charge in [-0.1, -0.05) is 29.8 Å². The third-order valence-corrected chi connectivity index (χ3v) is 3.70. The average Bonchev–Trinajstić information content (AvgIpc) is 2.54. The Morgan fingerprint density at radius 3 is 2.37 bits per heavy atom. The van der Waals surface area contributed by atoms with Crippen molar-refractivity contribution in [1.82, 2.24) is 0 Å². The minimum absolute atomic E-state index is 0.191. The van der Waals surface area contributed by atoms with Gasteiger partial charge in [0.2, 0.25) is 5.91 Å². The number of hydrogen-bond donors (Lipinski definition) is 1.